The van der Waals surface area contributed by atoms with Gasteiger partial charge in [0.15, 0.2) is 0 Å². The summed E-state index contributed by atoms with van der Waals surface area (Å²) in [5.41, 5.74) is 1.81. The highest BCUT2D eigenvalue weighted by Crippen LogP contribution is 2.28. The van der Waals surface area contributed by atoms with Gasteiger partial charge >= 0.3 is 0 Å². The van der Waals surface area contributed by atoms with E-state index in [0.717, 1.165) is 12.8 Å². The Kier molecular flexibility index (Phi) is 6.43. The van der Waals surface area contributed by atoms with E-state index in [1.807, 2.05) is 23.1 Å². The number of rotatable bonds is 6. The predicted molar refractivity (Wildman–Crippen MR) is 112 cm³/mol. The van der Waals surface area contributed by atoms with Gasteiger partial charge in [0.25, 0.3) is 0 Å². The van der Waals surface area contributed by atoms with Gasteiger partial charge in [-0.15, -0.1) is 0 Å². The molecule has 2 fully saturated rings. The topological polar surface area (TPSA) is 49.9 Å². The molecule has 1 atom stereocenters. The number of anilines is 1. The first kappa shape index (κ1) is 20.5. The minimum absolute atomic E-state index is 0.0524. The van der Waals surface area contributed by atoms with Crippen LogP contribution in [0, 0.1) is 17.7 Å². The highest BCUT2D eigenvalue weighted by atomic mass is 19.1. The molecule has 2 amide bonds. The predicted octanol–water partition coefficient (Wildman–Crippen LogP) is 3.63. The van der Waals surface area contributed by atoms with Crippen LogP contribution in [0.15, 0.2) is 54.6 Å². The Bertz CT molecular complexity index is 864. The Balaban J connectivity index is 1.23. The Hall–Kier alpha value is -2.73. The summed E-state index contributed by atoms with van der Waals surface area (Å²) in [6.07, 6.45) is 2.06. The number of hydrogen-bond donors (Lipinski definition) is 0. The molecule has 158 valence electrons. The minimum Gasteiger partial charge on any atom is -0.376 e. The monoisotopic (exact) mass is 410 g/mol. The standard InChI is InChI=1S/C24H27FN2O3/c25-21-6-8-22(9-7-21)27-15-20(14-23(27)28)24(29)26-12-10-19(11-13-26)17-30-16-18-4-2-1-3-5-18/h1-9,19-20H,10-17H2/t20-/m0/s1. The molecule has 2 aromatic rings. The van der Waals surface area contributed by atoms with Crippen molar-refractivity contribution < 1.29 is 18.7 Å². The molecule has 5 nitrogen and oxygen atoms in total. The third-order valence-corrected chi connectivity index (χ3v) is 6.00. The van der Waals surface area contributed by atoms with Gasteiger partial charge in [0.2, 0.25) is 11.8 Å². The number of likely N-dealkylation sites (tertiary alicyclic amines) is 1. The van der Waals surface area contributed by atoms with Gasteiger partial charge in [-0.3, -0.25) is 9.59 Å². The molecule has 0 unspecified atom stereocenters. The van der Waals surface area contributed by atoms with Gasteiger partial charge in [0.1, 0.15) is 5.82 Å². The average Bonchev–Trinajstić information content (AvgIpc) is 3.17. The van der Waals surface area contributed by atoms with Gasteiger partial charge in [0, 0.05) is 38.3 Å². The van der Waals surface area contributed by atoms with Crippen LogP contribution in [0.3, 0.4) is 0 Å². The molecular formula is C24H27FN2O3. The lowest BCUT2D eigenvalue weighted by Gasteiger charge is -2.33. The molecule has 0 saturated carbocycles. The average molecular weight is 410 g/mol. The van der Waals surface area contributed by atoms with E-state index in [0.29, 0.717) is 44.5 Å². The first-order chi connectivity index (χ1) is 14.6. The number of hydrogen-bond acceptors (Lipinski definition) is 3. The quantitative estimate of drug-likeness (QED) is 0.731. The zero-order valence-corrected chi connectivity index (χ0v) is 17.0. The van der Waals surface area contributed by atoms with E-state index in [1.54, 1.807) is 17.0 Å². The first-order valence-electron chi connectivity index (χ1n) is 10.6. The van der Waals surface area contributed by atoms with Gasteiger partial charge in [0.05, 0.1) is 12.5 Å². The Labute approximate surface area is 176 Å². The molecule has 0 spiro atoms. The summed E-state index contributed by atoms with van der Waals surface area (Å²) < 4.78 is 19.0. The first-order valence-corrected chi connectivity index (χ1v) is 10.6. The van der Waals surface area contributed by atoms with Crippen LogP contribution < -0.4 is 4.90 Å². The zero-order chi connectivity index (χ0) is 20.9. The maximum Gasteiger partial charge on any atom is 0.228 e. The molecule has 0 radical (unpaired) electrons. The molecule has 2 saturated heterocycles. The molecule has 2 heterocycles. The lowest BCUT2D eigenvalue weighted by molar-refractivity contribution is -0.137. The number of nitrogens with zero attached hydrogens (tertiary/aromatic N) is 2. The summed E-state index contributed by atoms with van der Waals surface area (Å²) >= 11 is 0. The fourth-order valence-electron chi connectivity index (χ4n) is 4.24. The highest BCUT2D eigenvalue weighted by Gasteiger charge is 2.38. The van der Waals surface area contributed by atoms with Gasteiger partial charge in [-0.2, -0.15) is 0 Å². The molecule has 2 aromatic carbocycles. The second-order valence-electron chi connectivity index (χ2n) is 8.15. The molecule has 0 bridgehead atoms. The third kappa shape index (κ3) is 4.87. The second-order valence-corrected chi connectivity index (χ2v) is 8.15. The maximum absolute atomic E-state index is 13.1. The molecular weight excluding hydrogens is 383 g/mol. The van der Waals surface area contributed by atoms with Gasteiger partial charge in [-0.1, -0.05) is 30.3 Å². The summed E-state index contributed by atoms with van der Waals surface area (Å²) in [5, 5.41) is 0. The lowest BCUT2D eigenvalue weighted by atomic mass is 9.96. The van der Waals surface area contributed by atoms with Gasteiger partial charge in [-0.25, -0.2) is 4.39 Å². The molecule has 0 N–H and O–H groups in total. The van der Waals surface area contributed by atoms with E-state index in [4.69, 9.17) is 4.74 Å². The number of halogens is 1. The zero-order valence-electron chi connectivity index (χ0n) is 17.0. The van der Waals surface area contributed by atoms with Crippen LogP contribution in [0.1, 0.15) is 24.8 Å². The normalized spacial score (nSPS) is 20.0. The molecule has 30 heavy (non-hydrogen) atoms. The highest BCUT2D eigenvalue weighted by molar-refractivity contribution is 6.00. The Morgan fingerprint density at radius 3 is 2.43 bits per heavy atom. The number of carbonyl (C=O) groups is 2. The molecule has 4 rings (SSSR count). The van der Waals surface area contributed by atoms with Crippen molar-refractivity contribution in [1.82, 2.24) is 4.90 Å². The third-order valence-electron chi connectivity index (χ3n) is 6.00. The van der Waals surface area contributed by atoms with Gasteiger partial charge in [-0.05, 0) is 48.6 Å². The van der Waals surface area contributed by atoms with Crippen LogP contribution in [0.25, 0.3) is 0 Å². The minimum atomic E-state index is -0.339. The fraction of sp³-hybridized carbons (Fsp3) is 0.417. The molecule has 6 heteroatoms. The van der Waals surface area contributed by atoms with Gasteiger partial charge < -0.3 is 14.5 Å². The number of carbonyl (C=O) groups excluding carboxylic acids is 2. The molecule has 2 aliphatic heterocycles. The van der Waals surface area contributed by atoms with Crippen molar-refractivity contribution in [2.45, 2.75) is 25.9 Å². The summed E-state index contributed by atoms with van der Waals surface area (Å²) in [4.78, 5) is 28.8. The van der Waals surface area contributed by atoms with E-state index in [9.17, 15) is 14.0 Å². The van der Waals surface area contributed by atoms with E-state index in [-0.39, 0.29) is 30.0 Å². The largest absolute Gasteiger partial charge is 0.376 e. The Morgan fingerprint density at radius 1 is 1.03 bits per heavy atom. The molecule has 0 aromatic heterocycles. The fourth-order valence-corrected chi connectivity index (χ4v) is 4.24. The number of piperidine rings is 1. The van der Waals surface area contributed by atoms with Crippen LogP contribution in [-0.4, -0.2) is 43.0 Å². The molecule has 0 aliphatic carbocycles. The summed E-state index contributed by atoms with van der Waals surface area (Å²) in [6, 6.07) is 16.0. The molecule has 2 aliphatic rings. The SMILES string of the molecule is O=C([C@H]1CC(=O)N(c2ccc(F)cc2)C1)N1CCC(COCc2ccccc2)CC1. The number of benzene rings is 2. The van der Waals surface area contributed by atoms with Crippen LogP contribution in [0.4, 0.5) is 10.1 Å². The second kappa shape index (κ2) is 9.39. The van der Waals surface area contributed by atoms with Crippen molar-refractivity contribution in [3.63, 3.8) is 0 Å². The van der Waals surface area contributed by atoms with Crippen molar-refractivity contribution in [3.8, 4) is 0 Å². The number of ether oxygens (including phenoxy) is 1. The van der Waals surface area contributed by atoms with E-state index in [1.165, 1.54) is 17.7 Å². The van der Waals surface area contributed by atoms with Crippen molar-refractivity contribution in [3.05, 3.63) is 66.0 Å². The summed E-state index contributed by atoms with van der Waals surface area (Å²) in [6.45, 7) is 3.10. The number of amides is 2. The van der Waals surface area contributed by atoms with Crippen LogP contribution in [0.5, 0.6) is 0 Å². The van der Waals surface area contributed by atoms with Crippen LogP contribution >= 0.6 is 0 Å². The van der Waals surface area contributed by atoms with Crippen molar-refractivity contribution >= 4 is 17.5 Å². The summed E-state index contributed by atoms with van der Waals surface area (Å²) in [5.74, 6) is -0.235. The van der Waals surface area contributed by atoms with E-state index < -0.39 is 0 Å². The van der Waals surface area contributed by atoms with Crippen molar-refractivity contribution in [2.24, 2.45) is 11.8 Å². The summed E-state index contributed by atoms with van der Waals surface area (Å²) in [7, 11) is 0. The van der Waals surface area contributed by atoms with Crippen molar-refractivity contribution in [2.75, 3.05) is 31.1 Å². The van der Waals surface area contributed by atoms with E-state index in [2.05, 4.69) is 12.1 Å². The Morgan fingerprint density at radius 2 is 1.73 bits per heavy atom. The van der Waals surface area contributed by atoms with Crippen LogP contribution in [-0.2, 0) is 20.9 Å². The van der Waals surface area contributed by atoms with Crippen LogP contribution in [0.2, 0.25) is 0 Å². The van der Waals surface area contributed by atoms with Crippen molar-refractivity contribution in [1.29, 1.82) is 0 Å². The lowest BCUT2D eigenvalue weighted by Crippen LogP contribution is -2.43. The smallest absolute Gasteiger partial charge is 0.228 e. The maximum atomic E-state index is 13.1. The van der Waals surface area contributed by atoms with E-state index >= 15 is 0 Å².